The lowest BCUT2D eigenvalue weighted by atomic mass is 10.1. The van der Waals surface area contributed by atoms with Gasteiger partial charge >= 0.3 is 0 Å². The molecule has 0 aliphatic carbocycles. The van der Waals surface area contributed by atoms with Gasteiger partial charge in [0.05, 0.1) is 19.2 Å². The standard InChI is InChI=1S/C14H17ClO2/c1-4-5-6-7-8-11-9-14(17-3)12(15)10-13(11)16-2/h9-10H,4,7-8H2,1-3H3. The highest BCUT2D eigenvalue weighted by molar-refractivity contribution is 6.32. The van der Waals surface area contributed by atoms with E-state index < -0.39 is 0 Å². The van der Waals surface area contributed by atoms with Crippen molar-refractivity contribution in [3.8, 4) is 23.3 Å². The van der Waals surface area contributed by atoms with E-state index in [4.69, 9.17) is 21.1 Å². The van der Waals surface area contributed by atoms with E-state index in [0.717, 1.165) is 30.6 Å². The van der Waals surface area contributed by atoms with Gasteiger partial charge in [-0.2, -0.15) is 0 Å². The predicted octanol–water partition coefficient (Wildman–Crippen LogP) is 3.70. The Bertz CT molecular complexity index is 430. The van der Waals surface area contributed by atoms with Crippen LogP contribution in [0.25, 0.3) is 0 Å². The van der Waals surface area contributed by atoms with Crippen LogP contribution in [0.4, 0.5) is 0 Å². The van der Waals surface area contributed by atoms with Crippen LogP contribution in [0.5, 0.6) is 11.5 Å². The number of hydrogen-bond acceptors (Lipinski definition) is 2. The van der Waals surface area contributed by atoms with Crippen molar-refractivity contribution in [1.29, 1.82) is 0 Å². The number of ether oxygens (including phenoxy) is 2. The summed E-state index contributed by atoms with van der Waals surface area (Å²) in [6.07, 6.45) is 2.54. The van der Waals surface area contributed by atoms with Gasteiger partial charge in [-0.3, -0.25) is 0 Å². The molecular weight excluding hydrogens is 236 g/mol. The summed E-state index contributed by atoms with van der Waals surface area (Å²) in [4.78, 5) is 0. The molecule has 92 valence electrons. The average molecular weight is 253 g/mol. The SMILES string of the molecule is CCC#CCCc1cc(OC)c(Cl)cc1OC. The van der Waals surface area contributed by atoms with E-state index >= 15 is 0 Å². The molecule has 1 aromatic carbocycles. The number of halogens is 1. The first-order valence-electron chi connectivity index (χ1n) is 5.59. The van der Waals surface area contributed by atoms with Crippen molar-refractivity contribution in [3.63, 3.8) is 0 Å². The monoisotopic (exact) mass is 252 g/mol. The third kappa shape index (κ3) is 3.87. The molecule has 0 saturated carbocycles. The first kappa shape index (κ1) is 13.7. The Balaban J connectivity index is 2.88. The molecule has 0 bridgehead atoms. The molecule has 0 radical (unpaired) electrons. The molecule has 0 atom stereocenters. The highest BCUT2D eigenvalue weighted by Gasteiger charge is 2.09. The third-order valence-electron chi connectivity index (χ3n) is 2.38. The fourth-order valence-electron chi connectivity index (χ4n) is 1.53. The summed E-state index contributed by atoms with van der Waals surface area (Å²) in [6.45, 7) is 2.04. The molecule has 2 nitrogen and oxygen atoms in total. The molecule has 0 saturated heterocycles. The molecule has 3 heteroatoms. The highest BCUT2D eigenvalue weighted by Crippen LogP contribution is 2.32. The molecule has 0 aromatic heterocycles. The maximum atomic E-state index is 6.03. The lowest BCUT2D eigenvalue weighted by Crippen LogP contribution is -1.94. The summed E-state index contributed by atoms with van der Waals surface area (Å²) in [6, 6.07) is 3.69. The normalized spacial score (nSPS) is 9.41. The minimum atomic E-state index is 0.563. The van der Waals surface area contributed by atoms with E-state index in [-0.39, 0.29) is 0 Å². The number of aryl methyl sites for hydroxylation is 1. The van der Waals surface area contributed by atoms with Gasteiger partial charge in [-0.05, 0) is 18.1 Å². The average Bonchev–Trinajstić information content (AvgIpc) is 2.35. The van der Waals surface area contributed by atoms with Crippen LogP contribution in [0.3, 0.4) is 0 Å². The maximum absolute atomic E-state index is 6.03. The molecule has 17 heavy (non-hydrogen) atoms. The Morgan fingerprint density at radius 3 is 2.41 bits per heavy atom. The second kappa shape index (κ2) is 7.09. The van der Waals surface area contributed by atoms with E-state index in [1.807, 2.05) is 13.0 Å². The molecule has 0 spiro atoms. The van der Waals surface area contributed by atoms with Gasteiger partial charge in [0.15, 0.2) is 0 Å². The predicted molar refractivity (Wildman–Crippen MR) is 70.9 cm³/mol. The smallest absolute Gasteiger partial charge is 0.137 e. The quantitative estimate of drug-likeness (QED) is 0.761. The van der Waals surface area contributed by atoms with Gasteiger partial charge in [0, 0.05) is 18.9 Å². The summed E-state index contributed by atoms with van der Waals surface area (Å²) < 4.78 is 10.5. The van der Waals surface area contributed by atoms with Crippen molar-refractivity contribution in [1.82, 2.24) is 0 Å². The molecule has 0 heterocycles. The summed E-state index contributed by atoms with van der Waals surface area (Å²) in [7, 11) is 3.24. The Kier molecular flexibility index (Phi) is 5.72. The minimum Gasteiger partial charge on any atom is -0.496 e. The van der Waals surface area contributed by atoms with Gasteiger partial charge in [-0.25, -0.2) is 0 Å². The van der Waals surface area contributed by atoms with Gasteiger partial charge in [0.2, 0.25) is 0 Å². The van der Waals surface area contributed by atoms with Crippen LogP contribution < -0.4 is 9.47 Å². The largest absolute Gasteiger partial charge is 0.496 e. The van der Waals surface area contributed by atoms with E-state index in [0.29, 0.717) is 10.8 Å². The van der Waals surface area contributed by atoms with E-state index in [2.05, 4.69) is 11.8 Å². The number of benzene rings is 1. The van der Waals surface area contributed by atoms with Crippen molar-refractivity contribution >= 4 is 11.6 Å². The van der Waals surface area contributed by atoms with Gasteiger partial charge in [0.1, 0.15) is 11.5 Å². The van der Waals surface area contributed by atoms with Crippen molar-refractivity contribution < 1.29 is 9.47 Å². The molecule has 0 unspecified atom stereocenters. The van der Waals surface area contributed by atoms with Gasteiger partial charge in [0.25, 0.3) is 0 Å². The molecule has 0 fully saturated rings. The van der Waals surface area contributed by atoms with Gasteiger partial charge in [-0.1, -0.05) is 18.5 Å². The van der Waals surface area contributed by atoms with Crippen LogP contribution in [0.2, 0.25) is 5.02 Å². The summed E-state index contributed by atoms with van der Waals surface area (Å²) in [5.41, 5.74) is 1.07. The van der Waals surface area contributed by atoms with Crippen LogP contribution in [0.15, 0.2) is 12.1 Å². The zero-order valence-corrected chi connectivity index (χ0v) is 11.2. The summed E-state index contributed by atoms with van der Waals surface area (Å²) in [5, 5.41) is 0.563. The third-order valence-corrected chi connectivity index (χ3v) is 2.67. The molecule has 0 amide bonds. The first-order valence-corrected chi connectivity index (χ1v) is 5.96. The van der Waals surface area contributed by atoms with Crippen LogP contribution >= 0.6 is 11.6 Å². The molecular formula is C14H17ClO2. The highest BCUT2D eigenvalue weighted by atomic mass is 35.5. The van der Waals surface area contributed by atoms with E-state index in [1.54, 1.807) is 20.3 Å². The van der Waals surface area contributed by atoms with Gasteiger partial charge in [-0.15, -0.1) is 11.8 Å². The molecule has 1 aromatic rings. The van der Waals surface area contributed by atoms with Crippen LogP contribution in [-0.4, -0.2) is 14.2 Å². The number of rotatable bonds is 4. The van der Waals surface area contributed by atoms with Crippen molar-refractivity contribution in [2.45, 2.75) is 26.2 Å². The summed E-state index contributed by atoms with van der Waals surface area (Å²) >= 11 is 6.03. The molecule has 0 N–H and O–H groups in total. The molecule has 1 rings (SSSR count). The first-order chi connectivity index (χ1) is 8.22. The van der Waals surface area contributed by atoms with E-state index in [9.17, 15) is 0 Å². The lowest BCUT2D eigenvalue weighted by Gasteiger charge is -2.11. The lowest BCUT2D eigenvalue weighted by molar-refractivity contribution is 0.399. The second-order valence-electron chi connectivity index (χ2n) is 3.51. The number of hydrogen-bond donors (Lipinski definition) is 0. The zero-order chi connectivity index (χ0) is 12.7. The van der Waals surface area contributed by atoms with E-state index in [1.165, 1.54) is 0 Å². The van der Waals surface area contributed by atoms with Crippen molar-refractivity contribution in [2.24, 2.45) is 0 Å². The minimum absolute atomic E-state index is 0.563. The van der Waals surface area contributed by atoms with Crippen molar-refractivity contribution in [2.75, 3.05) is 14.2 Å². The maximum Gasteiger partial charge on any atom is 0.137 e. The Labute approximate surface area is 108 Å². The van der Waals surface area contributed by atoms with Crippen LogP contribution in [0.1, 0.15) is 25.3 Å². The summed E-state index contributed by atoms with van der Waals surface area (Å²) in [5.74, 6) is 7.61. The molecule has 0 aliphatic rings. The molecule has 0 aliphatic heterocycles. The van der Waals surface area contributed by atoms with Crippen molar-refractivity contribution in [3.05, 3.63) is 22.7 Å². The topological polar surface area (TPSA) is 18.5 Å². The van der Waals surface area contributed by atoms with Crippen LogP contribution in [-0.2, 0) is 6.42 Å². The van der Waals surface area contributed by atoms with Crippen LogP contribution in [0, 0.1) is 11.8 Å². The Morgan fingerprint density at radius 1 is 1.12 bits per heavy atom. The Hall–Kier alpha value is -1.33. The van der Waals surface area contributed by atoms with Gasteiger partial charge < -0.3 is 9.47 Å². The number of methoxy groups -OCH3 is 2. The second-order valence-corrected chi connectivity index (χ2v) is 3.91. The Morgan fingerprint density at radius 2 is 1.82 bits per heavy atom. The zero-order valence-electron chi connectivity index (χ0n) is 10.5. The fraction of sp³-hybridized carbons (Fsp3) is 0.429. The fourth-order valence-corrected chi connectivity index (χ4v) is 1.76.